The third-order valence-corrected chi connectivity index (χ3v) is 12.3. The van der Waals surface area contributed by atoms with Gasteiger partial charge in [0.1, 0.15) is 0 Å². The fourth-order valence-electron chi connectivity index (χ4n) is 10.4. The topological polar surface area (TPSA) is 0 Å². The maximum absolute atomic E-state index is 2.73. The first-order valence-corrected chi connectivity index (χ1v) is 17.8. The van der Waals surface area contributed by atoms with Gasteiger partial charge in [0.2, 0.25) is 0 Å². The highest BCUT2D eigenvalue weighted by molar-refractivity contribution is 5.84. The van der Waals surface area contributed by atoms with Gasteiger partial charge in [-0.25, -0.2) is 0 Å². The molecule has 3 aromatic carbocycles. The quantitative estimate of drug-likeness (QED) is 0.276. The van der Waals surface area contributed by atoms with Crippen LogP contribution in [0.3, 0.4) is 0 Å². The summed E-state index contributed by atoms with van der Waals surface area (Å²) in [5, 5.41) is 0. The van der Waals surface area contributed by atoms with E-state index in [0.29, 0.717) is 17.8 Å². The van der Waals surface area contributed by atoms with Gasteiger partial charge in [-0.3, -0.25) is 0 Å². The zero-order valence-electron chi connectivity index (χ0n) is 30.0. The minimum atomic E-state index is -0.0694. The van der Waals surface area contributed by atoms with Gasteiger partial charge in [-0.05, 0) is 117 Å². The Labute approximate surface area is 274 Å². The minimum absolute atomic E-state index is 0.0694. The molecular weight excluding hydrogens is 540 g/mol. The molecule has 0 radical (unpaired) electrons. The lowest BCUT2D eigenvalue weighted by Gasteiger charge is -2.48. The lowest BCUT2D eigenvalue weighted by atomic mass is 9.54. The highest BCUT2D eigenvalue weighted by atomic mass is 14.6. The van der Waals surface area contributed by atoms with Crippen molar-refractivity contribution in [3.8, 4) is 11.1 Å². The second kappa shape index (κ2) is 10.1. The molecule has 7 rings (SSSR count). The molecule has 0 aliphatic heterocycles. The van der Waals surface area contributed by atoms with Crippen molar-refractivity contribution in [1.82, 2.24) is 0 Å². The first kappa shape index (κ1) is 30.8. The molecule has 45 heavy (non-hydrogen) atoms. The molecule has 3 atom stereocenters. The van der Waals surface area contributed by atoms with E-state index in [1.165, 1.54) is 71.0 Å². The average Bonchev–Trinajstić information content (AvgIpc) is 3.60. The van der Waals surface area contributed by atoms with Crippen molar-refractivity contribution < 1.29 is 0 Å². The van der Waals surface area contributed by atoms with Crippen LogP contribution in [0.5, 0.6) is 0 Å². The number of benzene rings is 3. The monoisotopic (exact) mass is 596 g/mol. The van der Waals surface area contributed by atoms with Crippen molar-refractivity contribution in [2.45, 2.75) is 130 Å². The molecule has 3 unspecified atom stereocenters. The first-order chi connectivity index (χ1) is 21.0. The standard InChI is InChI=1S/C45H56/c1-27-21-35-32(25-38(27)43(6,7)8)33-26-39(44(9,10)11)28(2)22-36(33)41(35)45(29-17-13-12-14-18-29)37-20-16-15-19-31(37)34-23-30(24-40(34)45)42(3,4)5/h12-14,17-18,21-22,24-26,31,37,41H,15-16,19-20,23H2,1-11H3. The van der Waals surface area contributed by atoms with E-state index >= 15 is 0 Å². The first-order valence-electron chi connectivity index (χ1n) is 17.8. The Morgan fingerprint density at radius 2 is 1.18 bits per heavy atom. The molecule has 0 aromatic heterocycles. The second-order valence-electron chi connectivity index (χ2n) is 18.2. The van der Waals surface area contributed by atoms with E-state index in [4.69, 9.17) is 0 Å². The normalized spacial score (nSPS) is 24.8. The van der Waals surface area contributed by atoms with Crippen LogP contribution >= 0.6 is 0 Å². The molecule has 4 aliphatic carbocycles. The second-order valence-corrected chi connectivity index (χ2v) is 18.2. The Balaban J connectivity index is 1.61. The molecule has 1 fully saturated rings. The summed E-state index contributed by atoms with van der Waals surface area (Å²) in [6.45, 7) is 26.3. The van der Waals surface area contributed by atoms with Gasteiger partial charge in [0.05, 0.1) is 0 Å². The van der Waals surface area contributed by atoms with E-state index in [0.717, 1.165) is 0 Å². The fourth-order valence-corrected chi connectivity index (χ4v) is 10.4. The van der Waals surface area contributed by atoms with Gasteiger partial charge in [0, 0.05) is 11.3 Å². The van der Waals surface area contributed by atoms with Gasteiger partial charge >= 0.3 is 0 Å². The lowest BCUT2D eigenvalue weighted by Crippen LogP contribution is -2.43. The summed E-state index contributed by atoms with van der Waals surface area (Å²) in [4.78, 5) is 0. The zero-order chi connectivity index (χ0) is 32.3. The Morgan fingerprint density at radius 1 is 0.644 bits per heavy atom. The molecule has 0 N–H and O–H groups in total. The van der Waals surface area contributed by atoms with Crippen LogP contribution in [0.25, 0.3) is 11.1 Å². The number of hydrogen-bond acceptors (Lipinski definition) is 0. The summed E-state index contributed by atoms with van der Waals surface area (Å²) in [6, 6.07) is 22.3. The molecule has 0 bridgehead atoms. The summed E-state index contributed by atoms with van der Waals surface area (Å²) < 4.78 is 0. The molecule has 0 saturated heterocycles. The number of aryl methyl sites for hydroxylation is 2. The molecule has 1 saturated carbocycles. The molecule has 0 nitrogen and oxygen atoms in total. The molecule has 0 heteroatoms. The predicted octanol–water partition coefficient (Wildman–Crippen LogP) is 12.4. The molecule has 0 heterocycles. The summed E-state index contributed by atoms with van der Waals surface area (Å²) in [5.74, 6) is 1.62. The van der Waals surface area contributed by atoms with Gasteiger partial charge in [0.25, 0.3) is 0 Å². The van der Waals surface area contributed by atoms with Gasteiger partial charge < -0.3 is 0 Å². The van der Waals surface area contributed by atoms with Gasteiger partial charge in [-0.15, -0.1) is 0 Å². The summed E-state index contributed by atoms with van der Waals surface area (Å²) in [6.07, 6.45) is 9.29. The van der Waals surface area contributed by atoms with E-state index in [1.807, 2.05) is 0 Å². The third kappa shape index (κ3) is 4.52. The van der Waals surface area contributed by atoms with Crippen LogP contribution in [0.1, 0.15) is 139 Å². The lowest BCUT2D eigenvalue weighted by molar-refractivity contribution is 0.188. The Kier molecular flexibility index (Phi) is 6.89. The molecular formula is C45H56. The largest absolute Gasteiger partial charge is 0.0622 e. The van der Waals surface area contributed by atoms with Crippen molar-refractivity contribution in [2.75, 3.05) is 0 Å². The fraction of sp³-hybridized carbons (Fsp3) is 0.511. The minimum Gasteiger partial charge on any atom is -0.0622 e. The Bertz CT molecular complexity index is 1670. The van der Waals surface area contributed by atoms with Crippen molar-refractivity contribution in [2.24, 2.45) is 17.3 Å². The van der Waals surface area contributed by atoms with Crippen LogP contribution in [0.2, 0.25) is 0 Å². The van der Waals surface area contributed by atoms with Gasteiger partial charge in [0.15, 0.2) is 0 Å². The molecule has 4 aliphatic rings. The molecule has 3 aromatic rings. The van der Waals surface area contributed by atoms with Crippen LogP contribution < -0.4 is 0 Å². The third-order valence-electron chi connectivity index (χ3n) is 12.3. The smallest absolute Gasteiger partial charge is 0.0345 e. The number of allylic oxidation sites excluding steroid dienone is 4. The average molecular weight is 597 g/mol. The molecule has 0 amide bonds. The van der Waals surface area contributed by atoms with Crippen molar-refractivity contribution >= 4 is 0 Å². The molecule has 236 valence electrons. The van der Waals surface area contributed by atoms with Crippen LogP contribution in [0, 0.1) is 31.1 Å². The van der Waals surface area contributed by atoms with E-state index in [2.05, 4.69) is 137 Å². The maximum Gasteiger partial charge on any atom is 0.0345 e. The van der Waals surface area contributed by atoms with E-state index in [1.54, 1.807) is 27.8 Å². The SMILES string of the molecule is Cc1cc2c(cc1C(C)(C)C)-c1cc(C(C)(C)C)c(C)cc1C2C1(c2ccccc2)C2=C(CC(C(C)(C)C)=C2)C2CCCCC21. The molecule has 0 spiro atoms. The maximum atomic E-state index is 2.73. The van der Waals surface area contributed by atoms with Gasteiger partial charge in [-0.1, -0.05) is 147 Å². The summed E-state index contributed by atoms with van der Waals surface area (Å²) >= 11 is 0. The predicted molar refractivity (Wildman–Crippen MR) is 193 cm³/mol. The van der Waals surface area contributed by atoms with Crippen LogP contribution in [-0.4, -0.2) is 0 Å². The van der Waals surface area contributed by atoms with Crippen molar-refractivity contribution in [3.63, 3.8) is 0 Å². The highest BCUT2D eigenvalue weighted by Gasteiger charge is 2.61. The number of rotatable bonds is 2. The van der Waals surface area contributed by atoms with Crippen molar-refractivity contribution in [3.05, 3.63) is 116 Å². The number of fused-ring (bicyclic) bond motifs is 5. The summed E-state index contributed by atoms with van der Waals surface area (Å²) in [5.41, 5.74) is 18.9. The zero-order valence-corrected chi connectivity index (χ0v) is 30.0. The highest BCUT2D eigenvalue weighted by Crippen LogP contribution is 2.70. The van der Waals surface area contributed by atoms with E-state index < -0.39 is 0 Å². The van der Waals surface area contributed by atoms with E-state index in [-0.39, 0.29) is 21.7 Å². The summed E-state index contributed by atoms with van der Waals surface area (Å²) in [7, 11) is 0. The van der Waals surface area contributed by atoms with Gasteiger partial charge in [-0.2, -0.15) is 0 Å². The van der Waals surface area contributed by atoms with Crippen LogP contribution in [0.4, 0.5) is 0 Å². The number of hydrogen-bond donors (Lipinski definition) is 0. The van der Waals surface area contributed by atoms with E-state index in [9.17, 15) is 0 Å². The van der Waals surface area contributed by atoms with Crippen LogP contribution in [0.15, 0.2) is 77.4 Å². The van der Waals surface area contributed by atoms with Crippen LogP contribution in [-0.2, 0) is 16.2 Å². The Hall–Kier alpha value is -2.86. The Morgan fingerprint density at radius 3 is 1.69 bits per heavy atom. The van der Waals surface area contributed by atoms with Crippen molar-refractivity contribution in [1.29, 1.82) is 0 Å².